The summed E-state index contributed by atoms with van der Waals surface area (Å²) in [5.41, 5.74) is 2.42. The molecule has 1 aromatic heterocycles. The van der Waals surface area contributed by atoms with Crippen molar-refractivity contribution in [3.8, 4) is 45.8 Å². The molecule has 1 aliphatic heterocycles. The average Bonchev–Trinajstić information content (AvgIpc) is 3.57. The van der Waals surface area contributed by atoms with Gasteiger partial charge in [0.05, 0.1) is 34.0 Å². The van der Waals surface area contributed by atoms with Gasteiger partial charge < -0.3 is 32.8 Å². The van der Waals surface area contributed by atoms with Crippen molar-refractivity contribution in [1.82, 2.24) is 0 Å². The minimum atomic E-state index is -0.636. The average molecular weight is 579 g/mol. The number of carbonyl (C=O) groups excluding carboxylic acids is 2. The van der Waals surface area contributed by atoms with Gasteiger partial charge in [-0.15, -0.1) is 0 Å². The summed E-state index contributed by atoms with van der Waals surface area (Å²) in [7, 11) is 6.08. The minimum Gasteiger partial charge on any atom is -0.497 e. The second-order valence-electron chi connectivity index (χ2n) is 9.48. The van der Waals surface area contributed by atoms with Crippen molar-refractivity contribution in [2.75, 3.05) is 28.4 Å². The quantitative estimate of drug-likeness (QED) is 0.110. The molecule has 9 heteroatoms. The van der Waals surface area contributed by atoms with Crippen LogP contribution in [0.4, 0.5) is 0 Å². The molecule has 43 heavy (non-hydrogen) atoms. The second kappa shape index (κ2) is 11.3. The molecule has 0 atom stereocenters. The van der Waals surface area contributed by atoms with E-state index in [9.17, 15) is 9.59 Å². The van der Waals surface area contributed by atoms with Gasteiger partial charge in [-0.3, -0.25) is 4.79 Å². The molecular weight excluding hydrogens is 552 g/mol. The van der Waals surface area contributed by atoms with Crippen LogP contribution in [-0.4, -0.2) is 40.2 Å². The number of Topliss-reactive ketones (excluding diaryl/α,β-unsaturated/α-hetero) is 1. The Balaban J connectivity index is 1.32. The number of hydrogen-bond donors (Lipinski definition) is 0. The predicted octanol–water partition coefficient (Wildman–Crippen LogP) is 6.97. The summed E-state index contributed by atoms with van der Waals surface area (Å²) in [4.78, 5) is 26.8. The van der Waals surface area contributed by atoms with Crippen LogP contribution in [0.25, 0.3) is 28.4 Å². The van der Waals surface area contributed by atoms with Crippen LogP contribution in [0.5, 0.6) is 34.5 Å². The normalized spacial score (nSPS) is 13.0. The molecule has 0 radical (unpaired) electrons. The molecule has 0 saturated heterocycles. The van der Waals surface area contributed by atoms with E-state index in [0.29, 0.717) is 56.4 Å². The SMILES string of the molecule is COc1ccc2oc(-c3ccccc3)c(C(=O)Oc3ccc4c(c3)O/C(=C\c3cc(OC)c(OC)c(OC)c3)C4=O)c2c1. The van der Waals surface area contributed by atoms with Crippen LogP contribution in [0, 0.1) is 0 Å². The highest BCUT2D eigenvalue weighted by Crippen LogP contribution is 2.41. The van der Waals surface area contributed by atoms with E-state index in [2.05, 4.69) is 0 Å². The maximum absolute atomic E-state index is 13.6. The van der Waals surface area contributed by atoms with Crippen LogP contribution >= 0.6 is 0 Å². The summed E-state index contributed by atoms with van der Waals surface area (Å²) in [6.07, 6.45) is 1.58. The Morgan fingerprint density at radius 2 is 1.49 bits per heavy atom. The van der Waals surface area contributed by atoms with Crippen molar-refractivity contribution >= 4 is 28.8 Å². The molecule has 0 saturated carbocycles. The molecule has 5 aromatic rings. The van der Waals surface area contributed by atoms with Crippen LogP contribution in [-0.2, 0) is 0 Å². The Morgan fingerprint density at radius 3 is 2.16 bits per heavy atom. The molecule has 4 aromatic carbocycles. The molecule has 216 valence electrons. The first-order valence-electron chi connectivity index (χ1n) is 13.2. The Morgan fingerprint density at radius 1 is 0.767 bits per heavy atom. The Kier molecular flexibility index (Phi) is 7.21. The lowest BCUT2D eigenvalue weighted by atomic mass is 10.1. The summed E-state index contributed by atoms with van der Waals surface area (Å²) < 4.78 is 39.4. The molecule has 0 spiro atoms. The van der Waals surface area contributed by atoms with Gasteiger partial charge in [-0.25, -0.2) is 4.79 Å². The van der Waals surface area contributed by atoms with Gasteiger partial charge in [0.15, 0.2) is 17.3 Å². The van der Waals surface area contributed by atoms with Crippen LogP contribution in [0.15, 0.2) is 89.0 Å². The molecular formula is C34H26O9. The third-order valence-corrected chi connectivity index (χ3v) is 6.97. The minimum absolute atomic E-state index is 0.0898. The Labute approximate surface area is 246 Å². The first kappa shape index (κ1) is 27.5. The third kappa shape index (κ3) is 5.01. The van der Waals surface area contributed by atoms with Crippen molar-refractivity contribution in [3.05, 3.63) is 101 Å². The number of hydrogen-bond acceptors (Lipinski definition) is 9. The fourth-order valence-corrected chi connectivity index (χ4v) is 4.92. The van der Waals surface area contributed by atoms with Gasteiger partial charge in [-0.1, -0.05) is 30.3 Å². The predicted molar refractivity (Wildman–Crippen MR) is 159 cm³/mol. The van der Waals surface area contributed by atoms with E-state index in [1.54, 1.807) is 55.7 Å². The van der Waals surface area contributed by atoms with Crippen molar-refractivity contribution in [1.29, 1.82) is 0 Å². The van der Waals surface area contributed by atoms with E-state index < -0.39 is 5.97 Å². The van der Waals surface area contributed by atoms with Gasteiger partial charge in [0.1, 0.15) is 34.2 Å². The number of carbonyl (C=O) groups is 2. The van der Waals surface area contributed by atoms with Crippen LogP contribution < -0.4 is 28.4 Å². The summed E-state index contributed by atoms with van der Waals surface area (Å²) in [6, 6.07) is 22.5. The van der Waals surface area contributed by atoms with Crippen molar-refractivity contribution in [3.63, 3.8) is 0 Å². The molecule has 0 bridgehead atoms. The molecule has 0 fully saturated rings. The molecule has 6 rings (SSSR count). The smallest absolute Gasteiger partial charge is 0.348 e. The first-order valence-corrected chi connectivity index (χ1v) is 13.2. The lowest BCUT2D eigenvalue weighted by Crippen LogP contribution is -2.09. The molecule has 0 amide bonds. The zero-order chi connectivity index (χ0) is 30.1. The third-order valence-electron chi connectivity index (χ3n) is 6.97. The number of allylic oxidation sites excluding steroid dienone is 1. The topological polar surface area (TPSA) is 103 Å². The van der Waals surface area contributed by atoms with Gasteiger partial charge in [0.2, 0.25) is 11.5 Å². The number of ketones is 1. The summed E-state index contributed by atoms with van der Waals surface area (Å²) >= 11 is 0. The van der Waals surface area contributed by atoms with E-state index >= 15 is 0 Å². The van der Waals surface area contributed by atoms with Crippen molar-refractivity contribution < 1.29 is 42.4 Å². The highest BCUT2D eigenvalue weighted by molar-refractivity contribution is 6.15. The van der Waals surface area contributed by atoms with E-state index in [0.717, 1.165) is 0 Å². The Bertz CT molecular complexity index is 1880. The number of methoxy groups -OCH3 is 4. The Hall–Kier alpha value is -5.70. The molecule has 9 nitrogen and oxygen atoms in total. The fourth-order valence-electron chi connectivity index (χ4n) is 4.92. The van der Waals surface area contributed by atoms with E-state index in [1.165, 1.54) is 27.4 Å². The highest BCUT2D eigenvalue weighted by atomic mass is 16.5. The largest absolute Gasteiger partial charge is 0.497 e. The van der Waals surface area contributed by atoms with Crippen LogP contribution in [0.1, 0.15) is 26.3 Å². The van der Waals surface area contributed by atoms with Gasteiger partial charge >= 0.3 is 5.97 Å². The summed E-state index contributed by atoms with van der Waals surface area (Å²) in [5, 5.41) is 0.548. The molecule has 0 aliphatic carbocycles. The zero-order valence-electron chi connectivity index (χ0n) is 23.8. The summed E-state index contributed by atoms with van der Waals surface area (Å²) in [5.74, 6) is 1.83. The maximum atomic E-state index is 13.6. The van der Waals surface area contributed by atoms with Gasteiger partial charge in [-0.05, 0) is 54.1 Å². The molecule has 1 aliphatic rings. The number of rotatable bonds is 8. The zero-order valence-corrected chi connectivity index (χ0v) is 23.8. The van der Waals surface area contributed by atoms with Gasteiger partial charge in [0, 0.05) is 17.0 Å². The lowest BCUT2D eigenvalue weighted by molar-refractivity contribution is 0.0736. The standard InChI is InChI=1S/C34H26O9/c1-37-21-11-13-25-24(17-21)30(32(43-25)20-8-6-5-7-9-20)34(36)41-22-10-12-23-26(18-22)42-27(31(23)35)14-19-15-28(38-2)33(40-4)29(16-19)39-3/h5-18H,1-4H3/b27-14-. The van der Waals surface area contributed by atoms with Crippen molar-refractivity contribution in [2.24, 2.45) is 0 Å². The second-order valence-corrected chi connectivity index (χ2v) is 9.48. The van der Waals surface area contributed by atoms with Gasteiger partial charge in [-0.2, -0.15) is 0 Å². The number of fused-ring (bicyclic) bond motifs is 2. The highest BCUT2D eigenvalue weighted by Gasteiger charge is 2.30. The number of esters is 1. The van der Waals surface area contributed by atoms with Crippen molar-refractivity contribution in [2.45, 2.75) is 0 Å². The molecule has 0 N–H and O–H groups in total. The molecule has 0 unspecified atom stereocenters. The van der Waals surface area contributed by atoms with E-state index in [-0.39, 0.29) is 28.6 Å². The monoisotopic (exact) mass is 578 g/mol. The van der Waals surface area contributed by atoms with Gasteiger partial charge in [0.25, 0.3) is 0 Å². The molecule has 2 heterocycles. The first-order chi connectivity index (χ1) is 20.9. The van der Waals surface area contributed by atoms with Crippen LogP contribution in [0.2, 0.25) is 0 Å². The number of furan rings is 1. The van der Waals surface area contributed by atoms with E-state index in [1.807, 2.05) is 30.3 Å². The van der Waals surface area contributed by atoms with E-state index in [4.69, 9.17) is 32.8 Å². The summed E-state index contributed by atoms with van der Waals surface area (Å²) in [6.45, 7) is 0. The van der Waals surface area contributed by atoms with Crippen LogP contribution in [0.3, 0.4) is 0 Å². The maximum Gasteiger partial charge on any atom is 0.348 e. The fraction of sp³-hybridized carbons (Fsp3) is 0.118. The number of ether oxygens (including phenoxy) is 6. The lowest BCUT2D eigenvalue weighted by Gasteiger charge is -2.13. The number of benzene rings is 4.